The molecular formula is C16H25BrN2O4. The molecule has 1 rings (SSSR count). The molecule has 2 amide bonds. The Morgan fingerprint density at radius 2 is 1.87 bits per heavy atom. The Labute approximate surface area is 146 Å². The van der Waals surface area contributed by atoms with E-state index in [2.05, 4.69) is 40.4 Å². The van der Waals surface area contributed by atoms with E-state index in [1.165, 1.54) is 0 Å². The third-order valence-electron chi connectivity index (χ3n) is 2.92. The Morgan fingerprint density at radius 1 is 1.22 bits per heavy atom. The molecule has 0 unspecified atom stereocenters. The predicted molar refractivity (Wildman–Crippen MR) is 94.5 cm³/mol. The molecule has 0 aliphatic rings. The van der Waals surface area contributed by atoms with Crippen molar-refractivity contribution < 1.29 is 19.0 Å². The van der Waals surface area contributed by atoms with Gasteiger partial charge in [0.25, 0.3) is 0 Å². The number of carbonyl (C=O) groups is 1. The van der Waals surface area contributed by atoms with Gasteiger partial charge < -0.3 is 24.8 Å². The zero-order valence-corrected chi connectivity index (χ0v) is 15.7. The van der Waals surface area contributed by atoms with Crippen LogP contribution in [0.2, 0.25) is 0 Å². The third-order valence-corrected chi connectivity index (χ3v) is 3.58. The van der Waals surface area contributed by atoms with E-state index in [1.807, 2.05) is 0 Å². The Hall–Kier alpha value is -1.47. The van der Waals surface area contributed by atoms with Crippen LogP contribution in [0.4, 0.5) is 10.5 Å². The summed E-state index contributed by atoms with van der Waals surface area (Å²) in [4.78, 5) is 11.9. The predicted octanol–water partition coefficient (Wildman–Crippen LogP) is 3.65. The van der Waals surface area contributed by atoms with E-state index in [0.717, 1.165) is 13.0 Å². The first kappa shape index (κ1) is 19.6. The molecule has 0 radical (unpaired) electrons. The summed E-state index contributed by atoms with van der Waals surface area (Å²) < 4.78 is 16.6. The minimum Gasteiger partial charge on any atom is -0.493 e. The number of hydrogen-bond acceptors (Lipinski definition) is 4. The molecule has 7 heteroatoms. The Balaban J connectivity index is 2.42. The summed E-state index contributed by atoms with van der Waals surface area (Å²) in [6, 6.07) is 3.17. The Kier molecular flexibility index (Phi) is 8.79. The van der Waals surface area contributed by atoms with Crippen LogP contribution in [-0.2, 0) is 4.74 Å². The van der Waals surface area contributed by atoms with Crippen molar-refractivity contribution in [1.29, 1.82) is 0 Å². The molecule has 23 heavy (non-hydrogen) atoms. The molecule has 0 spiro atoms. The molecule has 2 N–H and O–H groups in total. The van der Waals surface area contributed by atoms with Gasteiger partial charge in [0, 0.05) is 36.4 Å². The highest BCUT2D eigenvalue weighted by Crippen LogP contribution is 2.36. The molecule has 0 aliphatic heterocycles. The molecule has 0 atom stereocenters. The summed E-state index contributed by atoms with van der Waals surface area (Å²) in [5.41, 5.74) is 0.608. The van der Waals surface area contributed by atoms with Crippen molar-refractivity contribution in [2.75, 3.05) is 39.3 Å². The fourth-order valence-corrected chi connectivity index (χ4v) is 2.23. The summed E-state index contributed by atoms with van der Waals surface area (Å²) in [6.07, 6.45) is 0.771. The highest BCUT2D eigenvalue weighted by atomic mass is 79.9. The average Bonchev–Trinajstić information content (AvgIpc) is 2.51. The quantitative estimate of drug-likeness (QED) is 0.633. The number of nitrogens with one attached hydrogen (secondary N) is 2. The largest absolute Gasteiger partial charge is 0.493 e. The van der Waals surface area contributed by atoms with Crippen LogP contribution in [0.3, 0.4) is 0 Å². The third kappa shape index (κ3) is 7.09. The summed E-state index contributed by atoms with van der Waals surface area (Å²) in [7, 11) is 3.11. The van der Waals surface area contributed by atoms with Gasteiger partial charge in [0.15, 0.2) is 11.5 Å². The maximum Gasteiger partial charge on any atom is 0.319 e. The smallest absolute Gasteiger partial charge is 0.319 e. The molecule has 6 nitrogen and oxygen atoms in total. The van der Waals surface area contributed by atoms with Crippen LogP contribution in [-0.4, -0.2) is 40.0 Å². The number of methoxy groups -OCH3 is 2. The molecule has 1 aromatic carbocycles. The second-order valence-corrected chi connectivity index (χ2v) is 6.24. The van der Waals surface area contributed by atoms with E-state index in [0.29, 0.717) is 40.7 Å². The summed E-state index contributed by atoms with van der Waals surface area (Å²) >= 11 is 3.40. The molecule has 0 bridgehead atoms. The maximum absolute atomic E-state index is 11.9. The van der Waals surface area contributed by atoms with Crippen molar-refractivity contribution in [1.82, 2.24) is 5.32 Å². The van der Waals surface area contributed by atoms with E-state index in [-0.39, 0.29) is 6.03 Å². The highest BCUT2D eigenvalue weighted by Gasteiger charge is 2.11. The molecule has 0 aliphatic carbocycles. The second kappa shape index (κ2) is 10.3. The van der Waals surface area contributed by atoms with Crippen molar-refractivity contribution in [3.05, 3.63) is 16.6 Å². The molecule has 1 aromatic rings. The minimum atomic E-state index is -0.276. The highest BCUT2D eigenvalue weighted by molar-refractivity contribution is 9.10. The van der Waals surface area contributed by atoms with Gasteiger partial charge in [0.05, 0.1) is 19.9 Å². The normalized spacial score (nSPS) is 10.5. The zero-order valence-electron chi connectivity index (χ0n) is 14.1. The summed E-state index contributed by atoms with van der Waals surface area (Å²) in [6.45, 7) is 6.14. The van der Waals surface area contributed by atoms with Crippen molar-refractivity contribution in [2.45, 2.75) is 20.3 Å². The molecular weight excluding hydrogens is 364 g/mol. The van der Waals surface area contributed by atoms with Crippen LogP contribution >= 0.6 is 15.9 Å². The first-order valence-electron chi connectivity index (χ1n) is 7.52. The first-order valence-corrected chi connectivity index (χ1v) is 8.31. The summed E-state index contributed by atoms with van der Waals surface area (Å²) in [5, 5.41) is 5.56. The van der Waals surface area contributed by atoms with Gasteiger partial charge in [-0.25, -0.2) is 4.79 Å². The SMILES string of the molecule is COc1cc(Br)c(NC(=O)NCCCOCC(C)C)cc1OC. The number of rotatable bonds is 9. The molecule has 0 fully saturated rings. The minimum absolute atomic E-state index is 0.276. The van der Waals surface area contributed by atoms with Crippen LogP contribution in [0.1, 0.15) is 20.3 Å². The van der Waals surface area contributed by atoms with E-state index < -0.39 is 0 Å². The fourth-order valence-electron chi connectivity index (χ4n) is 1.81. The molecule has 0 aromatic heterocycles. The van der Waals surface area contributed by atoms with Gasteiger partial charge >= 0.3 is 6.03 Å². The fraction of sp³-hybridized carbons (Fsp3) is 0.562. The van der Waals surface area contributed by atoms with Crippen LogP contribution in [0.25, 0.3) is 0 Å². The molecule has 130 valence electrons. The molecule has 0 saturated carbocycles. The lowest BCUT2D eigenvalue weighted by molar-refractivity contribution is 0.108. The first-order chi connectivity index (χ1) is 11.0. The van der Waals surface area contributed by atoms with Gasteiger partial charge in [-0.3, -0.25) is 0 Å². The van der Waals surface area contributed by atoms with Crippen LogP contribution in [0, 0.1) is 5.92 Å². The number of hydrogen-bond donors (Lipinski definition) is 2. The van der Waals surface area contributed by atoms with Crippen molar-refractivity contribution >= 4 is 27.6 Å². The Morgan fingerprint density at radius 3 is 2.48 bits per heavy atom. The van der Waals surface area contributed by atoms with Gasteiger partial charge in [-0.1, -0.05) is 13.8 Å². The standard InChI is InChI=1S/C16H25BrN2O4/c1-11(2)10-23-7-5-6-18-16(20)19-13-9-15(22-4)14(21-3)8-12(13)17/h8-9,11H,5-7,10H2,1-4H3,(H2,18,19,20). The maximum atomic E-state index is 11.9. The van der Waals surface area contributed by atoms with E-state index in [1.54, 1.807) is 26.4 Å². The Bertz CT molecular complexity index is 509. The molecule has 0 heterocycles. The topological polar surface area (TPSA) is 68.8 Å². The van der Waals surface area contributed by atoms with Gasteiger partial charge in [0.1, 0.15) is 0 Å². The van der Waals surface area contributed by atoms with Crippen LogP contribution in [0.15, 0.2) is 16.6 Å². The average molecular weight is 389 g/mol. The second-order valence-electron chi connectivity index (χ2n) is 5.39. The zero-order chi connectivity index (χ0) is 17.2. The van der Waals surface area contributed by atoms with Crippen molar-refractivity contribution in [3.8, 4) is 11.5 Å². The van der Waals surface area contributed by atoms with Crippen LogP contribution in [0.5, 0.6) is 11.5 Å². The van der Waals surface area contributed by atoms with Gasteiger partial charge in [-0.15, -0.1) is 0 Å². The number of urea groups is 1. The van der Waals surface area contributed by atoms with Gasteiger partial charge in [0.2, 0.25) is 0 Å². The lowest BCUT2D eigenvalue weighted by Crippen LogP contribution is -2.30. The summed E-state index contributed by atoms with van der Waals surface area (Å²) in [5.74, 6) is 1.66. The van der Waals surface area contributed by atoms with Gasteiger partial charge in [-0.05, 0) is 28.3 Å². The van der Waals surface area contributed by atoms with Gasteiger partial charge in [-0.2, -0.15) is 0 Å². The number of amides is 2. The van der Waals surface area contributed by atoms with E-state index >= 15 is 0 Å². The molecule has 0 saturated heterocycles. The number of benzene rings is 1. The lowest BCUT2D eigenvalue weighted by Gasteiger charge is -2.13. The van der Waals surface area contributed by atoms with Crippen LogP contribution < -0.4 is 20.1 Å². The van der Waals surface area contributed by atoms with E-state index in [9.17, 15) is 4.79 Å². The van der Waals surface area contributed by atoms with Crippen molar-refractivity contribution in [3.63, 3.8) is 0 Å². The monoisotopic (exact) mass is 388 g/mol. The van der Waals surface area contributed by atoms with Crippen molar-refractivity contribution in [2.24, 2.45) is 5.92 Å². The number of anilines is 1. The number of halogens is 1. The number of ether oxygens (including phenoxy) is 3. The lowest BCUT2D eigenvalue weighted by atomic mass is 10.2. The van der Waals surface area contributed by atoms with E-state index in [4.69, 9.17) is 14.2 Å². The number of carbonyl (C=O) groups excluding carboxylic acids is 1.